The standard InChI is InChI=1S/C10H17N/c1-6-7(2)9(4)10(5,11)8(6)3/h11H2,1-5H3. The molecule has 1 aliphatic rings. The van der Waals surface area contributed by atoms with Gasteiger partial charge in [0.1, 0.15) is 0 Å². The molecule has 0 aromatic carbocycles. The SMILES string of the molecule is CC1=C(C)C(C)(N)C(C)=C1C. The van der Waals surface area contributed by atoms with Gasteiger partial charge < -0.3 is 5.73 Å². The fourth-order valence-electron chi connectivity index (χ4n) is 1.62. The summed E-state index contributed by atoms with van der Waals surface area (Å²) in [5.41, 5.74) is 11.3. The smallest absolute Gasteiger partial charge is 0.0561 e. The zero-order valence-corrected chi connectivity index (χ0v) is 8.08. The zero-order valence-electron chi connectivity index (χ0n) is 8.08. The van der Waals surface area contributed by atoms with Crippen LogP contribution in [0, 0.1) is 0 Å². The third-order valence-corrected chi connectivity index (χ3v) is 3.25. The number of rotatable bonds is 0. The summed E-state index contributed by atoms with van der Waals surface area (Å²) >= 11 is 0. The van der Waals surface area contributed by atoms with Crippen LogP contribution in [-0.4, -0.2) is 5.54 Å². The lowest BCUT2D eigenvalue weighted by Crippen LogP contribution is -2.36. The molecule has 0 saturated heterocycles. The lowest BCUT2D eigenvalue weighted by molar-refractivity contribution is 0.651. The number of hydrogen-bond donors (Lipinski definition) is 1. The van der Waals surface area contributed by atoms with E-state index in [0.717, 1.165) is 0 Å². The molecular weight excluding hydrogens is 134 g/mol. The van der Waals surface area contributed by atoms with Crippen molar-refractivity contribution in [3.8, 4) is 0 Å². The highest BCUT2D eigenvalue weighted by atomic mass is 14.7. The molecule has 0 atom stereocenters. The molecule has 0 aromatic heterocycles. The van der Waals surface area contributed by atoms with Crippen LogP contribution in [0.2, 0.25) is 0 Å². The molecule has 0 aliphatic heterocycles. The monoisotopic (exact) mass is 151 g/mol. The van der Waals surface area contributed by atoms with Gasteiger partial charge in [-0.3, -0.25) is 0 Å². The largest absolute Gasteiger partial charge is 0.318 e. The fourth-order valence-corrected chi connectivity index (χ4v) is 1.62. The van der Waals surface area contributed by atoms with E-state index in [0.29, 0.717) is 0 Å². The lowest BCUT2D eigenvalue weighted by Gasteiger charge is -2.22. The highest BCUT2D eigenvalue weighted by Gasteiger charge is 2.31. The van der Waals surface area contributed by atoms with Crippen molar-refractivity contribution in [2.45, 2.75) is 40.2 Å². The van der Waals surface area contributed by atoms with Crippen LogP contribution in [-0.2, 0) is 0 Å². The van der Waals surface area contributed by atoms with Crippen molar-refractivity contribution in [1.29, 1.82) is 0 Å². The van der Waals surface area contributed by atoms with Gasteiger partial charge >= 0.3 is 0 Å². The summed E-state index contributed by atoms with van der Waals surface area (Å²) in [4.78, 5) is 0. The first-order valence-electron chi connectivity index (χ1n) is 4.04. The van der Waals surface area contributed by atoms with Crippen LogP contribution in [0.5, 0.6) is 0 Å². The van der Waals surface area contributed by atoms with Crippen LogP contribution in [0.3, 0.4) is 0 Å². The summed E-state index contributed by atoms with van der Waals surface area (Å²) in [6.45, 7) is 10.6. The average molecular weight is 151 g/mol. The van der Waals surface area contributed by atoms with E-state index < -0.39 is 0 Å². The maximum Gasteiger partial charge on any atom is 0.0561 e. The molecule has 1 rings (SSSR count). The van der Waals surface area contributed by atoms with Crippen molar-refractivity contribution >= 4 is 0 Å². The molecule has 0 bridgehead atoms. The van der Waals surface area contributed by atoms with E-state index in [4.69, 9.17) is 5.73 Å². The van der Waals surface area contributed by atoms with E-state index in [-0.39, 0.29) is 5.54 Å². The van der Waals surface area contributed by atoms with Gasteiger partial charge in [0, 0.05) is 0 Å². The normalized spacial score (nSPS) is 23.5. The van der Waals surface area contributed by atoms with Crippen molar-refractivity contribution in [1.82, 2.24) is 0 Å². The molecule has 0 unspecified atom stereocenters. The van der Waals surface area contributed by atoms with Crippen LogP contribution in [0.25, 0.3) is 0 Å². The first-order valence-corrected chi connectivity index (χ1v) is 4.04. The molecule has 0 heterocycles. The third-order valence-electron chi connectivity index (χ3n) is 3.25. The molecule has 0 saturated carbocycles. The molecule has 2 N–H and O–H groups in total. The molecule has 11 heavy (non-hydrogen) atoms. The lowest BCUT2D eigenvalue weighted by atomic mass is 9.91. The fraction of sp³-hybridized carbons (Fsp3) is 0.600. The minimum absolute atomic E-state index is 0.186. The second-order valence-corrected chi connectivity index (χ2v) is 3.70. The van der Waals surface area contributed by atoms with Crippen LogP contribution in [0.15, 0.2) is 22.3 Å². The van der Waals surface area contributed by atoms with Gasteiger partial charge in [-0.2, -0.15) is 0 Å². The molecule has 0 fully saturated rings. The van der Waals surface area contributed by atoms with Gasteiger partial charge in [0.05, 0.1) is 5.54 Å². The van der Waals surface area contributed by atoms with Gasteiger partial charge in [-0.25, -0.2) is 0 Å². The van der Waals surface area contributed by atoms with Crippen molar-refractivity contribution in [2.75, 3.05) is 0 Å². The second kappa shape index (κ2) is 2.21. The highest BCUT2D eigenvalue weighted by Crippen LogP contribution is 2.37. The van der Waals surface area contributed by atoms with Gasteiger partial charge in [-0.15, -0.1) is 0 Å². The topological polar surface area (TPSA) is 26.0 Å². The van der Waals surface area contributed by atoms with Gasteiger partial charge in [0.2, 0.25) is 0 Å². The first kappa shape index (κ1) is 8.54. The summed E-state index contributed by atoms with van der Waals surface area (Å²) in [5, 5.41) is 0. The highest BCUT2D eigenvalue weighted by molar-refractivity contribution is 5.52. The Morgan fingerprint density at radius 3 is 1.27 bits per heavy atom. The molecule has 0 radical (unpaired) electrons. The van der Waals surface area contributed by atoms with Crippen LogP contribution < -0.4 is 5.73 Å². The van der Waals surface area contributed by atoms with E-state index >= 15 is 0 Å². The van der Waals surface area contributed by atoms with Crippen molar-refractivity contribution in [3.05, 3.63) is 22.3 Å². The molecule has 1 aliphatic carbocycles. The third kappa shape index (κ3) is 0.951. The number of nitrogens with two attached hydrogens (primary N) is 1. The zero-order chi connectivity index (χ0) is 8.81. The molecular formula is C10H17N. The van der Waals surface area contributed by atoms with Crippen LogP contribution in [0.1, 0.15) is 34.6 Å². The first-order chi connectivity index (χ1) is 4.89. The Bertz CT molecular complexity index is 228. The van der Waals surface area contributed by atoms with E-state index in [1.54, 1.807) is 0 Å². The maximum absolute atomic E-state index is 6.13. The molecule has 0 aromatic rings. The summed E-state index contributed by atoms with van der Waals surface area (Å²) < 4.78 is 0. The Morgan fingerprint density at radius 1 is 0.909 bits per heavy atom. The average Bonchev–Trinajstić information content (AvgIpc) is 2.06. The Morgan fingerprint density at radius 2 is 1.18 bits per heavy atom. The Kier molecular flexibility index (Phi) is 1.72. The minimum atomic E-state index is -0.186. The van der Waals surface area contributed by atoms with E-state index in [2.05, 4.69) is 34.6 Å². The van der Waals surface area contributed by atoms with Gasteiger partial charge in [0.15, 0.2) is 0 Å². The molecule has 1 nitrogen and oxygen atoms in total. The van der Waals surface area contributed by atoms with Crippen LogP contribution in [0.4, 0.5) is 0 Å². The Labute approximate surface area is 69.0 Å². The minimum Gasteiger partial charge on any atom is -0.318 e. The van der Waals surface area contributed by atoms with E-state index in [1.807, 2.05) is 0 Å². The quantitative estimate of drug-likeness (QED) is 0.565. The molecule has 1 heteroatoms. The summed E-state index contributed by atoms with van der Waals surface area (Å²) in [5.74, 6) is 0. The van der Waals surface area contributed by atoms with Crippen LogP contribution >= 0.6 is 0 Å². The molecule has 62 valence electrons. The van der Waals surface area contributed by atoms with Crippen molar-refractivity contribution < 1.29 is 0 Å². The molecule has 0 spiro atoms. The van der Waals surface area contributed by atoms with Gasteiger partial charge in [0.25, 0.3) is 0 Å². The predicted octanol–water partition coefficient (Wildman–Crippen LogP) is 2.39. The van der Waals surface area contributed by atoms with E-state index in [1.165, 1.54) is 22.3 Å². The summed E-state index contributed by atoms with van der Waals surface area (Å²) in [6.07, 6.45) is 0. The maximum atomic E-state index is 6.13. The number of hydrogen-bond acceptors (Lipinski definition) is 1. The summed E-state index contributed by atoms with van der Waals surface area (Å²) in [7, 11) is 0. The summed E-state index contributed by atoms with van der Waals surface area (Å²) in [6, 6.07) is 0. The molecule has 0 amide bonds. The number of allylic oxidation sites excluding steroid dienone is 2. The van der Waals surface area contributed by atoms with Gasteiger partial charge in [-0.1, -0.05) is 0 Å². The van der Waals surface area contributed by atoms with Gasteiger partial charge in [-0.05, 0) is 56.9 Å². The Balaban J connectivity index is 3.27. The van der Waals surface area contributed by atoms with Crippen molar-refractivity contribution in [3.63, 3.8) is 0 Å². The van der Waals surface area contributed by atoms with Crippen molar-refractivity contribution in [2.24, 2.45) is 5.73 Å². The second-order valence-electron chi connectivity index (χ2n) is 3.70. The Hall–Kier alpha value is -0.560. The van der Waals surface area contributed by atoms with E-state index in [9.17, 15) is 0 Å². The predicted molar refractivity (Wildman–Crippen MR) is 49.3 cm³/mol.